The van der Waals surface area contributed by atoms with E-state index in [0.29, 0.717) is 23.9 Å². The highest BCUT2D eigenvalue weighted by Gasteiger charge is 2.22. The lowest BCUT2D eigenvalue weighted by molar-refractivity contribution is -0.870. The third-order valence-corrected chi connectivity index (χ3v) is 15.8. The second kappa shape index (κ2) is 68.1. The van der Waals surface area contributed by atoms with Crippen LogP contribution in [0.2, 0.25) is 0 Å². The van der Waals surface area contributed by atoms with Crippen molar-refractivity contribution in [3.8, 4) is 0 Å². The molecule has 0 heterocycles. The molecule has 0 spiro atoms. The summed E-state index contributed by atoms with van der Waals surface area (Å²) in [6, 6.07) is 0. The molecule has 0 aromatic heterocycles. The van der Waals surface area contributed by atoms with Crippen LogP contribution in [0.25, 0.3) is 0 Å². The van der Waals surface area contributed by atoms with Gasteiger partial charge in [0.15, 0.2) is 12.4 Å². The van der Waals surface area contributed by atoms with Gasteiger partial charge in [-0.15, -0.1) is 0 Å². The third kappa shape index (κ3) is 69.5. The number of unbranched alkanes of at least 4 members (excludes halogenated alkanes) is 36. The average molecular weight is 1220 g/mol. The van der Waals surface area contributed by atoms with Crippen molar-refractivity contribution in [3.05, 3.63) is 97.2 Å². The van der Waals surface area contributed by atoms with Crippen LogP contribution in [0.15, 0.2) is 97.2 Å². The van der Waals surface area contributed by atoms with Gasteiger partial charge in [0.05, 0.1) is 40.3 Å². The zero-order chi connectivity index (χ0) is 63.3. The Morgan fingerprint density at radius 3 is 0.977 bits per heavy atom. The van der Waals surface area contributed by atoms with Crippen LogP contribution < -0.4 is 5.11 Å². The van der Waals surface area contributed by atoms with Crippen molar-refractivity contribution in [2.45, 2.75) is 334 Å². The minimum Gasteiger partial charge on any atom is -0.545 e. The molecule has 0 rings (SSSR count). The molecule has 2 atom stereocenters. The number of carbonyl (C=O) groups is 3. The van der Waals surface area contributed by atoms with E-state index in [-0.39, 0.29) is 32.2 Å². The van der Waals surface area contributed by atoms with E-state index < -0.39 is 24.3 Å². The number of rotatable bonds is 67. The fourth-order valence-corrected chi connectivity index (χ4v) is 10.3. The summed E-state index contributed by atoms with van der Waals surface area (Å²) >= 11 is 0. The van der Waals surface area contributed by atoms with Gasteiger partial charge in [-0.05, 0) is 96.3 Å². The number of ether oxygens (including phenoxy) is 4. The van der Waals surface area contributed by atoms with Gasteiger partial charge >= 0.3 is 11.9 Å². The van der Waals surface area contributed by atoms with E-state index in [0.717, 1.165) is 83.5 Å². The molecular formula is C78H137NO8. The van der Waals surface area contributed by atoms with Gasteiger partial charge in [0.25, 0.3) is 0 Å². The summed E-state index contributed by atoms with van der Waals surface area (Å²) in [4.78, 5) is 37.5. The van der Waals surface area contributed by atoms with Gasteiger partial charge in [0.1, 0.15) is 13.2 Å². The highest BCUT2D eigenvalue weighted by molar-refractivity contribution is 5.70. The Bertz CT molecular complexity index is 1750. The number of esters is 2. The van der Waals surface area contributed by atoms with Crippen molar-refractivity contribution in [1.29, 1.82) is 0 Å². The molecule has 502 valence electrons. The Morgan fingerprint density at radius 1 is 0.356 bits per heavy atom. The van der Waals surface area contributed by atoms with E-state index in [1.165, 1.54) is 205 Å². The van der Waals surface area contributed by atoms with Crippen LogP contribution in [-0.2, 0) is 33.3 Å². The van der Waals surface area contributed by atoms with Crippen LogP contribution in [0.3, 0.4) is 0 Å². The largest absolute Gasteiger partial charge is 0.545 e. The molecule has 0 saturated carbocycles. The molecule has 0 bridgehead atoms. The molecule has 0 saturated heterocycles. The number of allylic oxidation sites excluding steroid dienone is 16. The molecule has 0 fully saturated rings. The number of nitrogens with zero attached hydrogens (tertiary/aromatic N) is 1. The molecule has 0 aliphatic heterocycles. The lowest BCUT2D eigenvalue weighted by atomic mass is 10.0. The van der Waals surface area contributed by atoms with E-state index in [4.69, 9.17) is 18.9 Å². The smallest absolute Gasteiger partial charge is 0.306 e. The van der Waals surface area contributed by atoms with E-state index in [1.54, 1.807) is 0 Å². The number of carboxylic acids is 1. The highest BCUT2D eigenvalue weighted by atomic mass is 16.7. The van der Waals surface area contributed by atoms with Crippen molar-refractivity contribution < 1.29 is 42.9 Å². The first-order valence-corrected chi connectivity index (χ1v) is 36.4. The number of aliphatic carboxylic acids is 1. The van der Waals surface area contributed by atoms with Crippen LogP contribution >= 0.6 is 0 Å². The highest BCUT2D eigenvalue weighted by Crippen LogP contribution is 2.18. The second-order valence-electron chi connectivity index (χ2n) is 25.5. The Balaban J connectivity index is 4.09. The van der Waals surface area contributed by atoms with Crippen LogP contribution in [0.1, 0.15) is 322 Å². The number of carboxylic acid groups (broad SMARTS) is 1. The lowest BCUT2D eigenvalue weighted by Gasteiger charge is -2.26. The molecule has 0 aromatic rings. The maximum absolute atomic E-state index is 12.9. The molecule has 0 aromatic carbocycles. The van der Waals surface area contributed by atoms with Crippen molar-refractivity contribution in [2.75, 3.05) is 47.5 Å². The monoisotopic (exact) mass is 1220 g/mol. The summed E-state index contributed by atoms with van der Waals surface area (Å²) < 4.78 is 22.8. The maximum Gasteiger partial charge on any atom is 0.306 e. The Kier molecular flexibility index (Phi) is 65.2. The summed E-state index contributed by atoms with van der Waals surface area (Å²) in [5.41, 5.74) is 0. The van der Waals surface area contributed by atoms with Crippen molar-refractivity contribution >= 4 is 17.9 Å². The topological polar surface area (TPSA) is 111 Å². The van der Waals surface area contributed by atoms with Gasteiger partial charge in [0.2, 0.25) is 0 Å². The molecule has 9 nitrogen and oxygen atoms in total. The number of hydrogen-bond donors (Lipinski definition) is 0. The fraction of sp³-hybridized carbons (Fsp3) is 0.756. The molecule has 0 radical (unpaired) electrons. The van der Waals surface area contributed by atoms with Crippen LogP contribution in [0, 0.1) is 0 Å². The molecule has 2 unspecified atom stereocenters. The number of hydrogen-bond acceptors (Lipinski definition) is 8. The Hall–Kier alpha value is -3.79. The Labute approximate surface area is 537 Å². The molecule has 0 aliphatic rings. The minimum absolute atomic E-state index is 0.145. The standard InChI is InChI=1S/C78H137NO8/c1-6-8-10-12-14-16-18-20-22-24-26-28-30-32-34-36-38-40-42-44-46-48-50-52-54-56-58-60-62-64-66-68-75(80)85-72-74(73-86-78(77(82)83)84-71-70-79(3,4)5)87-76(81)69-67-65-63-61-59-57-55-53-51-49-47-45-43-41-39-37-35-33-31-29-27-25-23-21-19-17-15-13-11-9-7-2/h9,11,15,17-18,20-21,23-24,26-27,29,33,35,39,41,74,78H,6-8,10,12-14,16,19,22,25,28,30-32,34,36-38,40,42-73H2,1-5H3/b11-9-,17-15-,20-18-,23-21-,26-24-,29-27-,35-33-,41-39-. The SMILES string of the molecule is CC/C=C\C/C=C\C/C=C\C/C=C\C/C=C\C/C=C\CCCCCCCCCCCCCCC(=O)OC(COC(=O)CCCCCCCCCCCCCCCCCCCCC/C=C\C/C=C\CCCCCCC)COC(OCC[N+](C)(C)C)C(=O)[O-]. The maximum atomic E-state index is 12.9. The average Bonchev–Trinajstić information content (AvgIpc) is 3.56. The van der Waals surface area contributed by atoms with Crippen LogP contribution in [-0.4, -0.2) is 82.3 Å². The van der Waals surface area contributed by atoms with E-state index in [1.807, 2.05) is 21.1 Å². The number of carbonyl (C=O) groups excluding carboxylic acids is 3. The van der Waals surface area contributed by atoms with Gasteiger partial charge < -0.3 is 33.3 Å². The Morgan fingerprint density at radius 2 is 0.655 bits per heavy atom. The molecule has 0 N–H and O–H groups in total. The summed E-state index contributed by atoms with van der Waals surface area (Å²) in [6.45, 7) is 4.66. The predicted molar refractivity (Wildman–Crippen MR) is 371 cm³/mol. The molecule has 0 amide bonds. The quantitative estimate of drug-likeness (QED) is 0.0195. The van der Waals surface area contributed by atoms with Crippen LogP contribution in [0.4, 0.5) is 0 Å². The van der Waals surface area contributed by atoms with E-state index in [2.05, 4.69) is 111 Å². The lowest BCUT2D eigenvalue weighted by Crippen LogP contribution is -2.44. The van der Waals surface area contributed by atoms with Gasteiger partial charge in [-0.25, -0.2) is 0 Å². The van der Waals surface area contributed by atoms with Gasteiger partial charge in [-0.2, -0.15) is 0 Å². The minimum atomic E-state index is -1.63. The second-order valence-corrected chi connectivity index (χ2v) is 25.5. The van der Waals surface area contributed by atoms with Crippen LogP contribution in [0.5, 0.6) is 0 Å². The number of likely N-dealkylation sites (N-methyl/N-ethyl adjacent to an activating group) is 1. The third-order valence-electron chi connectivity index (χ3n) is 15.8. The van der Waals surface area contributed by atoms with Gasteiger partial charge in [0, 0.05) is 12.8 Å². The zero-order valence-electron chi connectivity index (χ0n) is 57.4. The normalized spacial score (nSPS) is 13.3. The first kappa shape index (κ1) is 83.2. The van der Waals surface area contributed by atoms with Crippen molar-refractivity contribution in [3.63, 3.8) is 0 Å². The van der Waals surface area contributed by atoms with Gasteiger partial charge in [-0.1, -0.05) is 310 Å². The van der Waals surface area contributed by atoms with Crippen molar-refractivity contribution in [2.24, 2.45) is 0 Å². The summed E-state index contributed by atoms with van der Waals surface area (Å²) in [7, 11) is 5.93. The first-order valence-electron chi connectivity index (χ1n) is 36.4. The fourth-order valence-electron chi connectivity index (χ4n) is 10.3. The summed E-state index contributed by atoms with van der Waals surface area (Å²) in [5, 5.41) is 11.8. The van der Waals surface area contributed by atoms with E-state index in [9.17, 15) is 19.5 Å². The van der Waals surface area contributed by atoms with E-state index >= 15 is 0 Å². The zero-order valence-corrected chi connectivity index (χ0v) is 57.4. The number of quaternary nitrogens is 1. The molecule has 9 heteroatoms. The predicted octanol–water partition coefficient (Wildman–Crippen LogP) is 21.5. The molecule has 0 aliphatic carbocycles. The van der Waals surface area contributed by atoms with Crippen molar-refractivity contribution in [1.82, 2.24) is 0 Å². The van der Waals surface area contributed by atoms with Gasteiger partial charge in [-0.3, -0.25) is 9.59 Å². The summed E-state index contributed by atoms with van der Waals surface area (Å²) in [6.07, 6.45) is 90.6. The molecular weight excluding hydrogens is 1080 g/mol. The first-order chi connectivity index (χ1) is 42.6. The molecule has 87 heavy (non-hydrogen) atoms. The summed E-state index contributed by atoms with van der Waals surface area (Å²) in [5.74, 6) is -2.27.